The van der Waals surface area contributed by atoms with Crippen molar-refractivity contribution in [3.8, 4) is 11.3 Å². The third kappa shape index (κ3) is 2.33. The van der Waals surface area contributed by atoms with Gasteiger partial charge in [-0.3, -0.25) is 0 Å². The van der Waals surface area contributed by atoms with Crippen molar-refractivity contribution in [2.75, 3.05) is 0 Å². The van der Waals surface area contributed by atoms with Crippen LogP contribution in [0.15, 0.2) is 23.2 Å². The molecule has 0 aliphatic heterocycles. The average Bonchev–Trinajstić information content (AvgIpc) is 2.93. The van der Waals surface area contributed by atoms with Gasteiger partial charge in [0.15, 0.2) is 5.96 Å². The molecule has 1 aromatic carbocycles. The highest BCUT2D eigenvalue weighted by molar-refractivity contribution is 7.15. The summed E-state index contributed by atoms with van der Waals surface area (Å²) < 4.78 is 0. The Balaban J connectivity index is 2.02. The molecule has 0 bridgehead atoms. The van der Waals surface area contributed by atoms with Crippen molar-refractivity contribution < 1.29 is 0 Å². The average molecular weight is 272 g/mol. The van der Waals surface area contributed by atoms with Gasteiger partial charge in [-0.25, -0.2) is 4.98 Å². The molecule has 0 fully saturated rings. The van der Waals surface area contributed by atoms with Crippen LogP contribution in [-0.2, 0) is 12.8 Å². The maximum Gasteiger partial charge on any atom is 0.213 e. The number of aromatic nitrogens is 1. The lowest BCUT2D eigenvalue weighted by Crippen LogP contribution is -2.21. The Labute approximate surface area is 116 Å². The molecule has 0 saturated heterocycles. The van der Waals surface area contributed by atoms with Crippen LogP contribution in [0, 0.1) is 6.92 Å². The molecule has 0 unspecified atom stereocenters. The lowest BCUT2D eigenvalue weighted by atomic mass is 10.0. The molecule has 0 spiro atoms. The molecule has 1 aliphatic rings. The van der Waals surface area contributed by atoms with E-state index in [1.54, 1.807) is 0 Å². The first kappa shape index (κ1) is 12.2. The zero-order valence-corrected chi connectivity index (χ0v) is 11.6. The van der Waals surface area contributed by atoms with Crippen LogP contribution in [-0.4, -0.2) is 10.9 Å². The molecule has 0 atom stereocenters. The standard InChI is InChI=1S/C14H16N4S/c1-8-12(17-14(19-8)18-13(15)16)11-6-5-9-3-2-4-10(9)7-11/h5-7H,2-4H2,1H3,(H4,15,16,17,18). The van der Waals surface area contributed by atoms with Crippen LogP contribution in [0.1, 0.15) is 22.4 Å². The Hall–Kier alpha value is -1.88. The summed E-state index contributed by atoms with van der Waals surface area (Å²) in [5.74, 6) is 0.0502. The maximum atomic E-state index is 5.39. The van der Waals surface area contributed by atoms with Crippen LogP contribution < -0.4 is 11.5 Å². The Kier molecular flexibility index (Phi) is 2.98. The predicted octanol–water partition coefficient (Wildman–Crippen LogP) is 2.51. The fraction of sp³-hybridized carbons (Fsp3) is 0.286. The van der Waals surface area contributed by atoms with E-state index in [-0.39, 0.29) is 5.96 Å². The van der Waals surface area contributed by atoms with Gasteiger partial charge in [-0.1, -0.05) is 23.5 Å². The van der Waals surface area contributed by atoms with Gasteiger partial charge >= 0.3 is 0 Å². The van der Waals surface area contributed by atoms with Crippen LogP contribution in [0.3, 0.4) is 0 Å². The molecule has 4 nitrogen and oxygen atoms in total. The molecule has 19 heavy (non-hydrogen) atoms. The van der Waals surface area contributed by atoms with Crippen molar-refractivity contribution in [2.45, 2.75) is 26.2 Å². The van der Waals surface area contributed by atoms with Crippen molar-refractivity contribution in [2.24, 2.45) is 16.5 Å². The van der Waals surface area contributed by atoms with Gasteiger partial charge in [0.05, 0.1) is 5.69 Å². The molecule has 4 N–H and O–H groups in total. The second-order valence-corrected chi connectivity index (χ2v) is 5.96. The summed E-state index contributed by atoms with van der Waals surface area (Å²) in [5.41, 5.74) is 15.9. The lowest BCUT2D eigenvalue weighted by molar-refractivity contribution is 0.912. The topological polar surface area (TPSA) is 77.3 Å². The Morgan fingerprint density at radius 2 is 2.05 bits per heavy atom. The number of guanidine groups is 1. The van der Waals surface area contributed by atoms with E-state index < -0.39 is 0 Å². The molecule has 1 aromatic heterocycles. The van der Waals surface area contributed by atoms with Crippen LogP contribution >= 0.6 is 11.3 Å². The predicted molar refractivity (Wildman–Crippen MR) is 79.8 cm³/mol. The fourth-order valence-corrected chi connectivity index (χ4v) is 3.35. The number of nitrogens with zero attached hydrogens (tertiary/aromatic N) is 2. The third-order valence-corrected chi connectivity index (χ3v) is 4.25. The highest BCUT2D eigenvalue weighted by Crippen LogP contribution is 2.34. The smallest absolute Gasteiger partial charge is 0.213 e. The first-order valence-corrected chi connectivity index (χ1v) is 7.14. The Bertz CT molecular complexity index is 653. The number of hydrogen-bond acceptors (Lipinski definition) is 3. The lowest BCUT2D eigenvalue weighted by Gasteiger charge is -2.03. The third-order valence-electron chi connectivity index (χ3n) is 3.38. The zero-order chi connectivity index (χ0) is 13.4. The summed E-state index contributed by atoms with van der Waals surface area (Å²) in [4.78, 5) is 9.67. The van der Waals surface area contributed by atoms with Crippen molar-refractivity contribution in [1.82, 2.24) is 4.98 Å². The van der Waals surface area contributed by atoms with Gasteiger partial charge < -0.3 is 11.5 Å². The molecule has 1 heterocycles. The van der Waals surface area contributed by atoms with Crippen molar-refractivity contribution in [3.05, 3.63) is 34.2 Å². The van der Waals surface area contributed by atoms with E-state index in [1.165, 1.54) is 41.7 Å². The fourth-order valence-electron chi connectivity index (χ4n) is 2.53. The van der Waals surface area contributed by atoms with Crippen LogP contribution in [0.25, 0.3) is 11.3 Å². The molecule has 0 amide bonds. The number of thiazole rings is 1. The van der Waals surface area contributed by atoms with Crippen molar-refractivity contribution in [1.29, 1.82) is 0 Å². The largest absolute Gasteiger partial charge is 0.370 e. The number of nitrogens with two attached hydrogens (primary N) is 2. The monoisotopic (exact) mass is 272 g/mol. The number of aryl methyl sites for hydroxylation is 3. The van der Waals surface area contributed by atoms with Gasteiger partial charge in [-0.15, -0.1) is 0 Å². The number of benzene rings is 1. The molecular formula is C14H16N4S. The second kappa shape index (κ2) is 4.66. The molecule has 5 heteroatoms. The van der Waals surface area contributed by atoms with Crippen LogP contribution in [0.5, 0.6) is 0 Å². The van der Waals surface area contributed by atoms with Gasteiger partial charge in [-0.05, 0) is 43.4 Å². The van der Waals surface area contributed by atoms with Gasteiger partial charge in [-0.2, -0.15) is 4.99 Å². The molecule has 2 aromatic rings. The first-order valence-electron chi connectivity index (χ1n) is 6.33. The number of fused-ring (bicyclic) bond motifs is 1. The van der Waals surface area contributed by atoms with E-state index in [0.717, 1.165) is 16.1 Å². The quantitative estimate of drug-likeness (QED) is 0.651. The minimum atomic E-state index is 0.0502. The van der Waals surface area contributed by atoms with Crippen molar-refractivity contribution in [3.63, 3.8) is 0 Å². The summed E-state index contributed by atoms with van der Waals surface area (Å²) in [6, 6.07) is 6.62. The maximum absolute atomic E-state index is 5.39. The number of hydrogen-bond donors (Lipinski definition) is 2. The summed E-state index contributed by atoms with van der Waals surface area (Å²) in [6.07, 6.45) is 3.63. The minimum Gasteiger partial charge on any atom is -0.370 e. The summed E-state index contributed by atoms with van der Waals surface area (Å²) in [6.45, 7) is 2.05. The molecule has 0 saturated carbocycles. The van der Waals surface area contributed by atoms with E-state index >= 15 is 0 Å². The summed E-state index contributed by atoms with van der Waals surface area (Å²) in [5, 5.41) is 0.619. The Morgan fingerprint density at radius 1 is 1.26 bits per heavy atom. The van der Waals surface area contributed by atoms with Crippen LogP contribution in [0.4, 0.5) is 5.13 Å². The molecule has 98 valence electrons. The van der Waals surface area contributed by atoms with Crippen LogP contribution in [0.2, 0.25) is 0 Å². The SMILES string of the molecule is Cc1sc(N=C(N)N)nc1-c1ccc2c(c1)CCC2. The van der Waals surface area contributed by atoms with E-state index in [1.807, 2.05) is 6.92 Å². The molecule has 0 radical (unpaired) electrons. The first-order chi connectivity index (χ1) is 9.13. The molecule has 3 rings (SSSR count). The zero-order valence-electron chi connectivity index (χ0n) is 10.8. The van der Waals surface area contributed by atoms with Crippen molar-refractivity contribution >= 4 is 22.4 Å². The van der Waals surface area contributed by atoms with Gasteiger partial charge in [0, 0.05) is 10.4 Å². The second-order valence-electron chi connectivity index (χ2n) is 4.77. The van der Waals surface area contributed by atoms with Gasteiger partial charge in [0.25, 0.3) is 0 Å². The minimum absolute atomic E-state index is 0.0502. The highest BCUT2D eigenvalue weighted by atomic mass is 32.1. The number of rotatable bonds is 2. The van der Waals surface area contributed by atoms with E-state index in [9.17, 15) is 0 Å². The van der Waals surface area contributed by atoms with Gasteiger partial charge in [0.1, 0.15) is 0 Å². The molecule has 1 aliphatic carbocycles. The van der Waals surface area contributed by atoms with Gasteiger partial charge in [0.2, 0.25) is 5.13 Å². The Morgan fingerprint density at radius 3 is 2.84 bits per heavy atom. The van der Waals surface area contributed by atoms with E-state index in [0.29, 0.717) is 5.13 Å². The number of aliphatic imine (C=N–C) groups is 1. The summed E-state index contributed by atoms with van der Waals surface area (Å²) >= 11 is 1.51. The normalized spacial score (nSPS) is 13.3. The highest BCUT2D eigenvalue weighted by Gasteiger charge is 2.14. The van der Waals surface area contributed by atoms with E-state index in [2.05, 4.69) is 28.2 Å². The summed E-state index contributed by atoms with van der Waals surface area (Å²) in [7, 11) is 0. The van der Waals surface area contributed by atoms with E-state index in [4.69, 9.17) is 11.5 Å². The molecular weight excluding hydrogens is 256 g/mol.